The lowest BCUT2D eigenvalue weighted by Gasteiger charge is -2.25. The standard InChI is InChI=1S/C22H25ClF2N4O3/c1-13(14-4-5-18(17(23)10-14)32-12-22(2,24)25)29-11-16-15(21(29)31)6-7-27-19(16)20(30)28-9-8-26-3/h4-7,10,13,26H,8-9,11-12H2,1-3H3,(H,28,30). The van der Waals surface area contributed by atoms with Crippen LogP contribution in [0.2, 0.25) is 5.02 Å². The maximum absolute atomic E-state index is 13.1. The minimum absolute atomic E-state index is 0.143. The van der Waals surface area contributed by atoms with Gasteiger partial charge in [0.25, 0.3) is 17.7 Å². The molecule has 1 aliphatic rings. The Kier molecular flexibility index (Phi) is 7.30. The van der Waals surface area contributed by atoms with Crippen molar-refractivity contribution >= 4 is 23.4 Å². The van der Waals surface area contributed by atoms with Crippen LogP contribution < -0.4 is 15.4 Å². The molecule has 0 fully saturated rings. The second-order valence-corrected chi connectivity index (χ2v) is 8.11. The summed E-state index contributed by atoms with van der Waals surface area (Å²) in [6.07, 6.45) is 1.45. The van der Waals surface area contributed by atoms with E-state index in [1.54, 1.807) is 30.1 Å². The van der Waals surface area contributed by atoms with E-state index in [4.69, 9.17) is 16.3 Å². The van der Waals surface area contributed by atoms with Crippen LogP contribution in [0.4, 0.5) is 8.78 Å². The van der Waals surface area contributed by atoms with Gasteiger partial charge in [0, 0.05) is 43.9 Å². The Morgan fingerprint density at radius 3 is 2.75 bits per heavy atom. The summed E-state index contributed by atoms with van der Waals surface area (Å²) in [4.78, 5) is 31.4. The van der Waals surface area contributed by atoms with Gasteiger partial charge in [-0.2, -0.15) is 0 Å². The number of fused-ring (bicyclic) bond motifs is 1. The van der Waals surface area contributed by atoms with Crippen molar-refractivity contribution in [3.8, 4) is 5.75 Å². The Labute approximate surface area is 190 Å². The predicted octanol–water partition coefficient (Wildman–Crippen LogP) is 3.44. The van der Waals surface area contributed by atoms with E-state index >= 15 is 0 Å². The van der Waals surface area contributed by atoms with E-state index in [2.05, 4.69) is 15.6 Å². The average Bonchev–Trinajstić information content (AvgIpc) is 3.08. The molecule has 2 aromatic rings. The zero-order valence-electron chi connectivity index (χ0n) is 18.0. The van der Waals surface area contributed by atoms with Crippen molar-refractivity contribution < 1.29 is 23.1 Å². The zero-order valence-corrected chi connectivity index (χ0v) is 18.8. The first-order valence-corrected chi connectivity index (χ1v) is 10.5. The van der Waals surface area contributed by atoms with Gasteiger partial charge in [-0.3, -0.25) is 14.6 Å². The molecule has 32 heavy (non-hydrogen) atoms. The Morgan fingerprint density at radius 2 is 2.09 bits per heavy atom. The normalized spacial score (nSPS) is 14.3. The first kappa shape index (κ1) is 23.9. The van der Waals surface area contributed by atoms with Crippen molar-refractivity contribution in [3.63, 3.8) is 0 Å². The van der Waals surface area contributed by atoms with Crippen molar-refractivity contribution in [1.29, 1.82) is 0 Å². The highest BCUT2D eigenvalue weighted by Gasteiger charge is 2.35. The molecule has 1 aromatic heterocycles. The van der Waals surface area contributed by atoms with Crippen molar-refractivity contribution in [3.05, 3.63) is 57.9 Å². The summed E-state index contributed by atoms with van der Waals surface area (Å²) in [5.41, 5.74) is 1.94. The third-order valence-electron chi connectivity index (χ3n) is 5.14. The number of nitrogens with zero attached hydrogens (tertiary/aromatic N) is 2. The number of likely N-dealkylation sites (N-methyl/N-ethyl adjacent to an activating group) is 1. The third-order valence-corrected chi connectivity index (χ3v) is 5.43. The van der Waals surface area contributed by atoms with Crippen LogP contribution in [0, 0.1) is 0 Å². The molecule has 0 bridgehead atoms. The summed E-state index contributed by atoms with van der Waals surface area (Å²) in [5.74, 6) is -3.39. The Hall–Kier alpha value is -2.78. The maximum atomic E-state index is 13.1. The van der Waals surface area contributed by atoms with Gasteiger partial charge in [0.15, 0.2) is 6.61 Å². The summed E-state index contributed by atoms with van der Waals surface area (Å²) in [5, 5.41) is 5.90. The summed E-state index contributed by atoms with van der Waals surface area (Å²) >= 11 is 6.22. The molecule has 172 valence electrons. The molecule has 3 rings (SSSR count). The lowest BCUT2D eigenvalue weighted by molar-refractivity contribution is -0.0229. The molecule has 0 aliphatic carbocycles. The van der Waals surface area contributed by atoms with Crippen LogP contribution in [-0.2, 0) is 6.54 Å². The highest BCUT2D eigenvalue weighted by molar-refractivity contribution is 6.32. The number of nitrogens with one attached hydrogen (secondary N) is 2. The Morgan fingerprint density at radius 1 is 1.34 bits per heavy atom. The maximum Gasteiger partial charge on any atom is 0.278 e. The number of alkyl halides is 2. The molecule has 0 radical (unpaired) electrons. The number of hydrogen-bond acceptors (Lipinski definition) is 5. The van der Waals surface area contributed by atoms with Gasteiger partial charge >= 0.3 is 0 Å². The van der Waals surface area contributed by atoms with Crippen molar-refractivity contribution in [2.24, 2.45) is 0 Å². The first-order valence-electron chi connectivity index (χ1n) is 10.1. The molecule has 2 heterocycles. The molecule has 0 saturated carbocycles. The van der Waals surface area contributed by atoms with Gasteiger partial charge in [-0.15, -0.1) is 0 Å². The molecule has 1 aromatic carbocycles. The zero-order chi connectivity index (χ0) is 23.5. The molecular formula is C22H25ClF2N4O3. The lowest BCUT2D eigenvalue weighted by Crippen LogP contribution is -2.31. The Balaban J connectivity index is 1.77. The molecule has 1 unspecified atom stereocenters. The molecule has 1 atom stereocenters. The van der Waals surface area contributed by atoms with E-state index in [1.165, 1.54) is 12.3 Å². The van der Waals surface area contributed by atoms with E-state index in [-0.39, 0.29) is 40.9 Å². The monoisotopic (exact) mass is 466 g/mol. The fourth-order valence-corrected chi connectivity index (χ4v) is 3.66. The van der Waals surface area contributed by atoms with Crippen molar-refractivity contribution in [1.82, 2.24) is 20.5 Å². The summed E-state index contributed by atoms with van der Waals surface area (Å²) in [6, 6.07) is 6.00. The molecule has 10 heteroatoms. The highest BCUT2D eigenvalue weighted by Crippen LogP contribution is 2.35. The minimum Gasteiger partial charge on any atom is -0.486 e. The van der Waals surface area contributed by atoms with E-state index < -0.39 is 12.5 Å². The van der Waals surface area contributed by atoms with Crippen LogP contribution in [0.5, 0.6) is 5.75 Å². The highest BCUT2D eigenvalue weighted by atomic mass is 35.5. The molecular weight excluding hydrogens is 442 g/mol. The number of aromatic nitrogens is 1. The van der Waals surface area contributed by atoms with Gasteiger partial charge in [0.05, 0.1) is 11.1 Å². The summed E-state index contributed by atoms with van der Waals surface area (Å²) in [6.45, 7) is 3.07. The number of pyridine rings is 1. The van der Waals surface area contributed by atoms with E-state index in [0.717, 1.165) is 6.92 Å². The topological polar surface area (TPSA) is 83.6 Å². The number of amides is 2. The number of carbonyl (C=O) groups excluding carboxylic acids is 2. The molecule has 2 amide bonds. The van der Waals surface area contributed by atoms with Gasteiger partial charge < -0.3 is 20.3 Å². The van der Waals surface area contributed by atoms with E-state index in [9.17, 15) is 18.4 Å². The SMILES string of the molecule is CNCCNC(=O)c1nccc2c1CN(C(C)c1ccc(OCC(C)(F)F)c(Cl)c1)C2=O. The third kappa shape index (κ3) is 5.34. The quantitative estimate of drug-likeness (QED) is 0.553. The van der Waals surface area contributed by atoms with Gasteiger partial charge in [0.1, 0.15) is 11.4 Å². The molecule has 0 spiro atoms. The second-order valence-electron chi connectivity index (χ2n) is 7.70. The average molecular weight is 467 g/mol. The van der Waals surface area contributed by atoms with Crippen molar-refractivity contribution in [2.75, 3.05) is 26.7 Å². The number of hydrogen-bond donors (Lipinski definition) is 2. The minimum atomic E-state index is -2.98. The van der Waals surface area contributed by atoms with Crippen LogP contribution in [0.15, 0.2) is 30.5 Å². The predicted molar refractivity (Wildman–Crippen MR) is 116 cm³/mol. The molecule has 7 nitrogen and oxygen atoms in total. The second kappa shape index (κ2) is 9.79. The van der Waals surface area contributed by atoms with E-state index in [1.807, 2.05) is 6.92 Å². The summed E-state index contributed by atoms with van der Waals surface area (Å²) in [7, 11) is 1.78. The summed E-state index contributed by atoms with van der Waals surface area (Å²) < 4.78 is 31.2. The van der Waals surface area contributed by atoms with Crippen LogP contribution in [0.3, 0.4) is 0 Å². The number of carbonyl (C=O) groups is 2. The van der Waals surface area contributed by atoms with Crippen LogP contribution >= 0.6 is 11.6 Å². The molecule has 0 saturated heterocycles. The largest absolute Gasteiger partial charge is 0.486 e. The fraction of sp³-hybridized carbons (Fsp3) is 0.409. The van der Waals surface area contributed by atoms with Gasteiger partial charge in [0.2, 0.25) is 0 Å². The lowest BCUT2D eigenvalue weighted by atomic mass is 10.1. The van der Waals surface area contributed by atoms with Crippen molar-refractivity contribution in [2.45, 2.75) is 32.4 Å². The fourth-order valence-electron chi connectivity index (χ4n) is 3.42. The molecule has 1 aliphatic heterocycles. The number of ether oxygens (including phenoxy) is 1. The first-order chi connectivity index (χ1) is 15.1. The van der Waals surface area contributed by atoms with Crippen LogP contribution in [-0.4, -0.2) is 54.4 Å². The van der Waals surface area contributed by atoms with Gasteiger partial charge in [-0.1, -0.05) is 17.7 Å². The van der Waals surface area contributed by atoms with Crippen LogP contribution in [0.1, 0.15) is 51.9 Å². The number of benzene rings is 1. The van der Waals surface area contributed by atoms with Crippen LogP contribution in [0.25, 0.3) is 0 Å². The van der Waals surface area contributed by atoms with Gasteiger partial charge in [-0.05, 0) is 37.7 Å². The van der Waals surface area contributed by atoms with Gasteiger partial charge in [-0.25, -0.2) is 8.78 Å². The van der Waals surface area contributed by atoms with E-state index in [0.29, 0.717) is 29.8 Å². The number of rotatable bonds is 9. The smallest absolute Gasteiger partial charge is 0.278 e. The Bertz CT molecular complexity index is 1010. The molecule has 2 N–H and O–H groups in total. The number of halogens is 3.